The van der Waals surface area contributed by atoms with E-state index >= 15 is 0 Å². The summed E-state index contributed by atoms with van der Waals surface area (Å²) in [5.74, 6) is -0.935. The van der Waals surface area contributed by atoms with E-state index in [1.54, 1.807) is 12.3 Å². The highest BCUT2D eigenvalue weighted by molar-refractivity contribution is 5.83. The Morgan fingerprint density at radius 3 is 2.66 bits per heavy atom. The monoisotopic (exact) mass is 386 g/mol. The number of fused-ring (bicyclic) bond motifs is 2. The molecule has 0 radical (unpaired) electrons. The van der Waals surface area contributed by atoms with Gasteiger partial charge in [0.1, 0.15) is 11.3 Å². The summed E-state index contributed by atoms with van der Waals surface area (Å²) >= 11 is 0. The lowest BCUT2D eigenvalue weighted by Crippen LogP contribution is -2.07. The van der Waals surface area contributed by atoms with Gasteiger partial charge in [-0.25, -0.2) is 13.8 Å². The summed E-state index contributed by atoms with van der Waals surface area (Å²) in [4.78, 5) is 13.0. The van der Waals surface area contributed by atoms with Crippen LogP contribution in [-0.2, 0) is 13.0 Å². The highest BCUT2D eigenvalue weighted by Crippen LogP contribution is 2.25. The van der Waals surface area contributed by atoms with Crippen LogP contribution in [0.25, 0.3) is 21.9 Å². The minimum atomic E-state index is -0.921. The largest absolute Gasteiger partial charge is 0.323 e. The van der Waals surface area contributed by atoms with E-state index in [9.17, 15) is 8.78 Å². The maximum Gasteiger partial charge on any atom is 0.184 e. The van der Waals surface area contributed by atoms with Crippen molar-refractivity contribution in [1.29, 1.82) is 0 Å². The predicted molar refractivity (Wildman–Crippen MR) is 108 cm³/mol. The summed E-state index contributed by atoms with van der Waals surface area (Å²) in [5, 5.41) is 0.594. The number of rotatable bonds is 4. The van der Waals surface area contributed by atoms with Crippen LogP contribution >= 0.6 is 0 Å². The quantitative estimate of drug-likeness (QED) is 0.441. The topological polar surface area (TPSA) is 43.6 Å². The number of halogens is 2. The summed E-state index contributed by atoms with van der Waals surface area (Å²) in [6.45, 7) is 0.472. The van der Waals surface area contributed by atoms with E-state index in [1.807, 2.05) is 48.7 Å². The van der Waals surface area contributed by atoms with Gasteiger partial charge in [-0.15, -0.1) is 0 Å². The van der Waals surface area contributed by atoms with E-state index in [0.717, 1.165) is 34.1 Å². The van der Waals surface area contributed by atoms with Gasteiger partial charge in [0, 0.05) is 30.4 Å². The van der Waals surface area contributed by atoms with Gasteiger partial charge in [0.15, 0.2) is 11.6 Å². The molecule has 0 unspecified atom stereocenters. The number of pyridine rings is 2. The second-order valence-electron chi connectivity index (χ2n) is 6.87. The van der Waals surface area contributed by atoms with Crippen molar-refractivity contribution in [3.8, 4) is 0 Å². The lowest BCUT2D eigenvalue weighted by molar-refractivity contribution is 0.515. The number of hydrogen-bond donors (Lipinski definition) is 0. The first kappa shape index (κ1) is 17.4. The fourth-order valence-electron chi connectivity index (χ4n) is 3.65. The molecule has 0 atom stereocenters. The normalized spacial score (nSPS) is 11.4. The van der Waals surface area contributed by atoms with Crippen LogP contribution < -0.4 is 0 Å². The van der Waals surface area contributed by atoms with E-state index < -0.39 is 11.6 Å². The molecule has 3 heterocycles. The first-order valence-corrected chi connectivity index (χ1v) is 9.25. The van der Waals surface area contributed by atoms with Crippen molar-refractivity contribution in [3.63, 3.8) is 0 Å². The second kappa shape index (κ2) is 7.05. The molecule has 0 spiro atoms. The fraction of sp³-hybridized carbons (Fsp3) is 0.0870. The maximum absolute atomic E-state index is 14.2. The Hall–Kier alpha value is -3.67. The highest BCUT2D eigenvalue weighted by Gasteiger charge is 2.15. The molecule has 0 bridgehead atoms. The number of hydrogen-bond acceptors (Lipinski definition) is 3. The third-order valence-corrected chi connectivity index (χ3v) is 5.04. The van der Waals surface area contributed by atoms with Crippen molar-refractivity contribution >= 4 is 21.9 Å². The van der Waals surface area contributed by atoms with Gasteiger partial charge in [-0.2, -0.15) is 0 Å². The van der Waals surface area contributed by atoms with Crippen LogP contribution in [0.4, 0.5) is 8.78 Å². The molecule has 0 amide bonds. The van der Waals surface area contributed by atoms with Gasteiger partial charge in [-0.3, -0.25) is 9.97 Å². The van der Waals surface area contributed by atoms with E-state index in [1.165, 1.54) is 6.20 Å². The third-order valence-electron chi connectivity index (χ3n) is 5.04. The fourth-order valence-corrected chi connectivity index (χ4v) is 3.65. The van der Waals surface area contributed by atoms with Gasteiger partial charge in [0.25, 0.3) is 0 Å². The Balaban J connectivity index is 1.65. The van der Waals surface area contributed by atoms with Crippen LogP contribution in [0.1, 0.15) is 17.0 Å². The van der Waals surface area contributed by atoms with E-state index in [2.05, 4.69) is 14.5 Å². The van der Waals surface area contributed by atoms with Crippen LogP contribution in [-0.4, -0.2) is 19.5 Å². The van der Waals surface area contributed by atoms with Gasteiger partial charge in [0.2, 0.25) is 0 Å². The maximum atomic E-state index is 14.2. The molecule has 3 aromatic heterocycles. The van der Waals surface area contributed by atoms with Gasteiger partial charge in [-0.05, 0) is 47.5 Å². The molecule has 4 nitrogen and oxygen atoms in total. The summed E-state index contributed by atoms with van der Waals surface area (Å²) < 4.78 is 30.0. The van der Waals surface area contributed by atoms with Crippen molar-refractivity contribution in [2.75, 3.05) is 0 Å². The Bertz CT molecular complexity index is 1330. The minimum Gasteiger partial charge on any atom is -0.323 e. The molecule has 2 aromatic carbocycles. The van der Waals surface area contributed by atoms with Crippen molar-refractivity contribution < 1.29 is 8.78 Å². The number of para-hydroxylation sites is 2. The third kappa shape index (κ3) is 3.12. The molecule has 6 heteroatoms. The zero-order valence-corrected chi connectivity index (χ0v) is 15.4. The first-order valence-electron chi connectivity index (χ1n) is 9.25. The molecule has 0 aliphatic carbocycles. The molecule has 5 rings (SSSR count). The molecule has 0 fully saturated rings. The number of imidazole rings is 1. The molecule has 142 valence electrons. The molecule has 5 aromatic rings. The SMILES string of the molecule is Fc1ccc2c(Cn3c(Cc4cccnc4)nc4ccccc43)ccnc2c1F. The van der Waals surface area contributed by atoms with Crippen LogP contribution in [0.15, 0.2) is 73.2 Å². The second-order valence-corrected chi connectivity index (χ2v) is 6.87. The van der Waals surface area contributed by atoms with Crippen LogP contribution in [0.5, 0.6) is 0 Å². The zero-order chi connectivity index (χ0) is 19.8. The van der Waals surface area contributed by atoms with Crippen LogP contribution in [0.3, 0.4) is 0 Å². The highest BCUT2D eigenvalue weighted by atomic mass is 19.2. The molecular formula is C23H16F2N4. The number of benzene rings is 2. The van der Waals surface area contributed by atoms with Crippen molar-refractivity contribution in [1.82, 2.24) is 19.5 Å². The lowest BCUT2D eigenvalue weighted by atomic mass is 10.1. The summed E-state index contributed by atoms with van der Waals surface area (Å²) in [7, 11) is 0. The zero-order valence-electron chi connectivity index (χ0n) is 15.4. The first-order chi connectivity index (χ1) is 14.2. The van der Waals surface area contributed by atoms with Crippen LogP contribution in [0.2, 0.25) is 0 Å². The van der Waals surface area contributed by atoms with Gasteiger partial charge in [0.05, 0.1) is 17.6 Å². The Labute approximate surface area is 165 Å². The Morgan fingerprint density at radius 2 is 1.79 bits per heavy atom. The van der Waals surface area contributed by atoms with Crippen molar-refractivity contribution in [3.05, 3.63) is 102 Å². The Kier molecular flexibility index (Phi) is 4.24. The van der Waals surface area contributed by atoms with Gasteiger partial charge in [-0.1, -0.05) is 18.2 Å². The van der Waals surface area contributed by atoms with Crippen LogP contribution in [0, 0.1) is 11.6 Å². The molecule has 0 aliphatic heterocycles. The smallest absolute Gasteiger partial charge is 0.184 e. The molecule has 0 saturated carbocycles. The average molecular weight is 386 g/mol. The lowest BCUT2D eigenvalue weighted by Gasteiger charge is -2.12. The van der Waals surface area contributed by atoms with Gasteiger partial charge < -0.3 is 4.57 Å². The van der Waals surface area contributed by atoms with E-state index in [0.29, 0.717) is 18.4 Å². The number of nitrogens with zero attached hydrogens (tertiary/aromatic N) is 4. The molecule has 0 N–H and O–H groups in total. The average Bonchev–Trinajstić information content (AvgIpc) is 3.09. The van der Waals surface area contributed by atoms with Crippen molar-refractivity contribution in [2.45, 2.75) is 13.0 Å². The molecule has 0 saturated heterocycles. The number of aromatic nitrogens is 4. The van der Waals surface area contributed by atoms with E-state index in [-0.39, 0.29) is 5.52 Å². The van der Waals surface area contributed by atoms with Gasteiger partial charge >= 0.3 is 0 Å². The molecular weight excluding hydrogens is 370 g/mol. The summed E-state index contributed by atoms with van der Waals surface area (Å²) in [6.07, 6.45) is 5.70. The summed E-state index contributed by atoms with van der Waals surface area (Å²) in [5.41, 5.74) is 3.82. The predicted octanol–water partition coefficient (Wildman–Crippen LogP) is 4.90. The standard InChI is InChI=1S/C23H16F2N4/c24-18-8-7-17-16(9-11-27-23(17)22(18)25)14-29-20-6-2-1-5-19(20)28-21(29)12-15-4-3-10-26-13-15/h1-11,13H,12,14H2. The molecule has 0 aliphatic rings. The minimum absolute atomic E-state index is 0.0423. The molecule has 29 heavy (non-hydrogen) atoms. The van der Waals surface area contributed by atoms with Crippen molar-refractivity contribution in [2.24, 2.45) is 0 Å². The summed E-state index contributed by atoms with van der Waals surface area (Å²) in [6, 6.07) is 16.4. The van der Waals surface area contributed by atoms with E-state index in [4.69, 9.17) is 4.98 Å². The Morgan fingerprint density at radius 1 is 0.897 bits per heavy atom.